The molecule has 1 saturated heterocycles. The summed E-state index contributed by atoms with van der Waals surface area (Å²) in [6.45, 7) is 8.11. The molecular weight excluding hydrogens is 431 g/mol. The lowest BCUT2D eigenvalue weighted by molar-refractivity contribution is 0.168. The Labute approximate surface area is 167 Å². The minimum absolute atomic E-state index is 0. The summed E-state index contributed by atoms with van der Waals surface area (Å²) in [4.78, 5) is 11.7. The van der Waals surface area contributed by atoms with Gasteiger partial charge in [-0.25, -0.2) is 0 Å². The van der Waals surface area contributed by atoms with Crippen molar-refractivity contribution in [1.82, 2.24) is 25.2 Å². The zero-order valence-electron chi connectivity index (χ0n) is 15.5. The maximum absolute atomic E-state index is 4.91. The second kappa shape index (κ2) is 9.72. The smallest absolute Gasteiger partial charge is 0.193 e. The van der Waals surface area contributed by atoms with E-state index in [-0.39, 0.29) is 24.0 Å². The van der Waals surface area contributed by atoms with Crippen LogP contribution in [-0.2, 0) is 6.54 Å². The molecule has 1 atom stereocenters. The zero-order valence-corrected chi connectivity index (χ0v) is 17.8. The van der Waals surface area contributed by atoms with Crippen LogP contribution in [0.2, 0.25) is 0 Å². The molecule has 1 aliphatic heterocycles. The van der Waals surface area contributed by atoms with Gasteiger partial charge in [0.05, 0.1) is 5.69 Å². The summed E-state index contributed by atoms with van der Waals surface area (Å²) >= 11 is 0. The van der Waals surface area contributed by atoms with Gasteiger partial charge in [0.15, 0.2) is 5.96 Å². The van der Waals surface area contributed by atoms with Gasteiger partial charge in [-0.3, -0.25) is 14.8 Å². The average molecular weight is 462 g/mol. The lowest BCUT2D eigenvalue weighted by Gasteiger charge is -2.36. The van der Waals surface area contributed by atoms with E-state index in [0.717, 1.165) is 57.0 Å². The van der Waals surface area contributed by atoms with Crippen molar-refractivity contribution in [1.29, 1.82) is 0 Å². The van der Waals surface area contributed by atoms with Crippen molar-refractivity contribution in [2.75, 3.05) is 46.8 Å². The van der Waals surface area contributed by atoms with Gasteiger partial charge in [0, 0.05) is 64.5 Å². The van der Waals surface area contributed by atoms with E-state index >= 15 is 0 Å². The van der Waals surface area contributed by atoms with Crippen LogP contribution in [0.3, 0.4) is 0 Å². The van der Waals surface area contributed by atoms with Crippen LogP contribution in [0, 0.1) is 0 Å². The molecule has 2 aliphatic rings. The molecule has 0 aromatic carbocycles. The highest BCUT2D eigenvalue weighted by atomic mass is 127. The Morgan fingerprint density at radius 3 is 2.68 bits per heavy atom. The molecule has 1 aliphatic carbocycles. The van der Waals surface area contributed by atoms with E-state index in [2.05, 4.69) is 44.1 Å². The molecule has 1 aromatic heterocycles. The van der Waals surface area contributed by atoms with Crippen LogP contribution in [0.5, 0.6) is 0 Å². The largest absolute Gasteiger partial charge is 0.364 e. The number of nitrogens with zero attached hydrogens (tertiary/aromatic N) is 5. The minimum atomic E-state index is 0. The third kappa shape index (κ3) is 5.82. The Hall–Kier alpha value is -0.870. The Bertz CT molecular complexity index is 525. The molecule has 2 fully saturated rings. The topological polar surface area (TPSA) is 60.1 Å². The molecule has 25 heavy (non-hydrogen) atoms. The number of aromatic nitrogens is 1. The van der Waals surface area contributed by atoms with Gasteiger partial charge in [-0.05, 0) is 26.8 Å². The number of guanidine groups is 1. The van der Waals surface area contributed by atoms with Crippen LogP contribution in [0.25, 0.3) is 0 Å². The highest BCUT2D eigenvalue weighted by molar-refractivity contribution is 14.0. The van der Waals surface area contributed by atoms with Gasteiger partial charge in [0.1, 0.15) is 6.26 Å². The standard InChI is InChI=1S/C17H30N6O.HI/c1-14(21(3)16-4-5-16)12-19-17(18-2)23-9-7-22(8-10-23)13-15-6-11-24-20-15;/h6,11,14,16H,4-5,7-10,12-13H2,1-3H3,(H,18,19);1H. The van der Waals surface area contributed by atoms with Crippen LogP contribution in [-0.4, -0.2) is 84.7 Å². The molecule has 0 bridgehead atoms. The monoisotopic (exact) mass is 462 g/mol. The second-order valence-electron chi connectivity index (χ2n) is 6.93. The quantitative estimate of drug-likeness (QED) is 0.393. The molecule has 8 heteroatoms. The predicted octanol–water partition coefficient (Wildman–Crippen LogP) is 1.47. The van der Waals surface area contributed by atoms with Crippen molar-refractivity contribution in [3.05, 3.63) is 18.0 Å². The molecular formula is C17H31IN6O. The first-order valence-electron chi connectivity index (χ1n) is 8.96. The van der Waals surface area contributed by atoms with E-state index in [0.29, 0.717) is 6.04 Å². The summed E-state index contributed by atoms with van der Waals surface area (Å²) in [5, 5.41) is 7.55. The van der Waals surface area contributed by atoms with Crippen molar-refractivity contribution >= 4 is 29.9 Å². The molecule has 0 radical (unpaired) electrons. The lowest BCUT2D eigenvalue weighted by Crippen LogP contribution is -2.53. The Morgan fingerprint density at radius 1 is 1.40 bits per heavy atom. The van der Waals surface area contributed by atoms with Gasteiger partial charge in [-0.15, -0.1) is 24.0 Å². The van der Waals surface area contributed by atoms with Crippen LogP contribution >= 0.6 is 24.0 Å². The summed E-state index contributed by atoms with van der Waals surface area (Å²) in [6, 6.07) is 3.26. The number of hydrogen-bond donors (Lipinski definition) is 1. The van der Waals surface area contributed by atoms with Crippen LogP contribution in [0.15, 0.2) is 21.8 Å². The van der Waals surface area contributed by atoms with E-state index < -0.39 is 0 Å². The van der Waals surface area contributed by atoms with Gasteiger partial charge in [-0.1, -0.05) is 5.16 Å². The van der Waals surface area contributed by atoms with Crippen LogP contribution in [0.4, 0.5) is 0 Å². The molecule has 1 unspecified atom stereocenters. The average Bonchev–Trinajstić information content (AvgIpc) is 3.33. The summed E-state index contributed by atoms with van der Waals surface area (Å²) in [7, 11) is 4.11. The van der Waals surface area contributed by atoms with Gasteiger partial charge in [0.2, 0.25) is 0 Å². The fourth-order valence-corrected chi connectivity index (χ4v) is 3.22. The number of rotatable bonds is 6. The molecule has 7 nitrogen and oxygen atoms in total. The number of piperazine rings is 1. The van der Waals surface area contributed by atoms with E-state index in [4.69, 9.17) is 4.52 Å². The summed E-state index contributed by atoms with van der Waals surface area (Å²) in [6.07, 6.45) is 4.34. The highest BCUT2D eigenvalue weighted by Crippen LogP contribution is 2.26. The molecule has 3 rings (SSSR count). The molecule has 0 spiro atoms. The van der Waals surface area contributed by atoms with Crippen molar-refractivity contribution < 1.29 is 4.52 Å². The number of halogens is 1. The van der Waals surface area contributed by atoms with Gasteiger partial charge >= 0.3 is 0 Å². The number of hydrogen-bond acceptors (Lipinski definition) is 5. The fraction of sp³-hybridized carbons (Fsp3) is 0.765. The molecule has 1 saturated carbocycles. The first-order chi connectivity index (χ1) is 11.7. The Kier molecular flexibility index (Phi) is 7.95. The SMILES string of the molecule is CN=C(NCC(C)N(C)C1CC1)N1CCN(Cc2ccon2)CC1.I. The van der Waals surface area contributed by atoms with Crippen molar-refractivity contribution in [2.45, 2.75) is 38.4 Å². The number of nitrogens with one attached hydrogen (secondary N) is 1. The highest BCUT2D eigenvalue weighted by Gasteiger charge is 2.29. The van der Waals surface area contributed by atoms with E-state index in [1.165, 1.54) is 12.8 Å². The normalized spacial score (nSPS) is 20.5. The molecule has 1 aromatic rings. The molecule has 1 N–H and O–H groups in total. The summed E-state index contributed by atoms with van der Waals surface area (Å²) < 4.78 is 4.91. The first-order valence-corrected chi connectivity index (χ1v) is 8.96. The summed E-state index contributed by atoms with van der Waals surface area (Å²) in [5.41, 5.74) is 1.00. The van der Waals surface area contributed by atoms with E-state index in [9.17, 15) is 0 Å². The molecule has 0 amide bonds. The Morgan fingerprint density at radius 2 is 2.12 bits per heavy atom. The minimum Gasteiger partial charge on any atom is -0.364 e. The van der Waals surface area contributed by atoms with E-state index in [1.54, 1.807) is 6.26 Å². The van der Waals surface area contributed by atoms with Crippen molar-refractivity contribution in [2.24, 2.45) is 4.99 Å². The summed E-state index contributed by atoms with van der Waals surface area (Å²) in [5.74, 6) is 1.02. The second-order valence-corrected chi connectivity index (χ2v) is 6.93. The van der Waals surface area contributed by atoms with Gasteiger partial charge in [0.25, 0.3) is 0 Å². The van der Waals surface area contributed by atoms with Gasteiger partial charge in [-0.2, -0.15) is 0 Å². The third-order valence-corrected chi connectivity index (χ3v) is 5.13. The Balaban J connectivity index is 0.00000225. The third-order valence-electron chi connectivity index (χ3n) is 5.13. The fourth-order valence-electron chi connectivity index (χ4n) is 3.22. The lowest BCUT2D eigenvalue weighted by atomic mass is 10.2. The first kappa shape index (κ1) is 20.4. The zero-order chi connectivity index (χ0) is 16.9. The maximum atomic E-state index is 4.91. The van der Waals surface area contributed by atoms with E-state index in [1.807, 2.05) is 13.1 Å². The number of aliphatic imine (C=N–C) groups is 1. The van der Waals surface area contributed by atoms with Crippen molar-refractivity contribution in [3.8, 4) is 0 Å². The van der Waals surface area contributed by atoms with Crippen LogP contribution < -0.4 is 5.32 Å². The predicted molar refractivity (Wildman–Crippen MR) is 110 cm³/mol. The van der Waals surface area contributed by atoms with Crippen molar-refractivity contribution in [3.63, 3.8) is 0 Å². The van der Waals surface area contributed by atoms with Crippen LogP contribution in [0.1, 0.15) is 25.5 Å². The maximum Gasteiger partial charge on any atom is 0.193 e. The van der Waals surface area contributed by atoms with Gasteiger partial charge < -0.3 is 14.7 Å². The molecule has 2 heterocycles. The number of likely N-dealkylation sites (N-methyl/N-ethyl adjacent to an activating group) is 1. The molecule has 142 valence electrons.